The highest BCUT2D eigenvalue weighted by atomic mass is 15.5. The van der Waals surface area contributed by atoms with Crippen LogP contribution >= 0.6 is 0 Å². The Labute approximate surface area is 77.4 Å². The lowest BCUT2D eigenvalue weighted by Crippen LogP contribution is -2.47. The molecular weight excluding hydrogens is 188 g/mol. The van der Waals surface area contributed by atoms with E-state index in [4.69, 9.17) is 23.2 Å². The first kappa shape index (κ1) is 8.10. The van der Waals surface area contributed by atoms with Crippen LogP contribution in [-0.4, -0.2) is 25.1 Å². The highest BCUT2D eigenvalue weighted by molar-refractivity contribution is 5.43. The topological polar surface area (TPSA) is 167 Å². The van der Waals surface area contributed by atoms with Gasteiger partial charge in [-0.1, -0.05) is 0 Å². The van der Waals surface area contributed by atoms with Crippen molar-refractivity contribution in [1.29, 1.82) is 0 Å². The van der Waals surface area contributed by atoms with Crippen molar-refractivity contribution >= 4 is 11.9 Å². The Kier molecular flexibility index (Phi) is 1.44. The van der Waals surface area contributed by atoms with E-state index in [0.29, 0.717) is 5.82 Å². The molecule has 0 fully saturated rings. The van der Waals surface area contributed by atoms with Gasteiger partial charge in [0.05, 0.1) is 0 Å². The molecule has 2 aromatic rings. The summed E-state index contributed by atoms with van der Waals surface area (Å²) in [7, 11) is 0. The van der Waals surface area contributed by atoms with E-state index in [1.165, 1.54) is 0 Å². The maximum Gasteiger partial charge on any atom is 0.396 e. The van der Waals surface area contributed by atoms with Gasteiger partial charge in [-0.15, -0.1) is 20.0 Å². The number of anilines is 2. The van der Waals surface area contributed by atoms with Crippen molar-refractivity contribution in [3.05, 3.63) is 0 Å². The molecule has 0 unspecified atom stereocenters. The highest BCUT2D eigenvalue weighted by Gasteiger charge is 2.21. The molecule has 0 amide bonds. The number of rotatable bonds is 1. The predicted octanol–water partition coefficient (Wildman–Crippen LogP) is -3.45. The Morgan fingerprint density at radius 1 is 1.29 bits per heavy atom. The predicted molar refractivity (Wildman–Crippen MR) is 46.9 cm³/mol. The molecular formula is C4H9N10+. The largest absolute Gasteiger partial charge is 0.396 e. The lowest BCUT2D eigenvalue weighted by atomic mass is 10.6. The van der Waals surface area contributed by atoms with E-state index < -0.39 is 0 Å². The Bertz CT molecular complexity index is 420. The van der Waals surface area contributed by atoms with Crippen LogP contribution in [0, 0.1) is 0 Å². The third-order valence-electron chi connectivity index (χ3n) is 1.70. The van der Waals surface area contributed by atoms with Crippen LogP contribution in [0.15, 0.2) is 0 Å². The van der Waals surface area contributed by atoms with Gasteiger partial charge in [0.25, 0.3) is 5.82 Å². The minimum Gasteiger partial charge on any atom is -0.366 e. The summed E-state index contributed by atoms with van der Waals surface area (Å²) in [5.74, 6) is 11.8. The molecule has 0 atom stereocenters. The van der Waals surface area contributed by atoms with Crippen LogP contribution in [0.4, 0.5) is 11.9 Å². The van der Waals surface area contributed by atoms with Gasteiger partial charge in [-0.3, -0.25) is 5.84 Å². The molecule has 0 aromatic carbocycles. The van der Waals surface area contributed by atoms with Crippen molar-refractivity contribution < 1.29 is 4.68 Å². The van der Waals surface area contributed by atoms with Crippen LogP contribution in [-0.2, 0) is 0 Å². The van der Waals surface area contributed by atoms with Gasteiger partial charge in [0, 0.05) is 5.10 Å². The maximum atomic E-state index is 5.53. The molecule has 0 saturated heterocycles. The van der Waals surface area contributed by atoms with Gasteiger partial charge in [0.1, 0.15) is 0 Å². The number of hydrogen-bond acceptors (Lipinski definition) is 7. The van der Waals surface area contributed by atoms with Crippen LogP contribution in [0.5, 0.6) is 0 Å². The molecule has 0 radical (unpaired) electrons. The Hall–Kier alpha value is -2.52. The van der Waals surface area contributed by atoms with Crippen LogP contribution in [0.3, 0.4) is 0 Å². The summed E-state index contributed by atoms with van der Waals surface area (Å²) in [6.45, 7) is 0. The van der Waals surface area contributed by atoms with Crippen molar-refractivity contribution in [3.63, 3.8) is 0 Å². The number of nitrogens with two attached hydrogens (primary N) is 4. The first-order chi connectivity index (χ1) is 6.61. The van der Waals surface area contributed by atoms with E-state index in [1.807, 2.05) is 0 Å². The van der Waals surface area contributed by atoms with Gasteiger partial charge in [0.15, 0.2) is 0 Å². The molecule has 74 valence electrons. The van der Waals surface area contributed by atoms with Crippen molar-refractivity contribution in [3.8, 4) is 11.6 Å². The van der Waals surface area contributed by atoms with Gasteiger partial charge in [0.2, 0.25) is 11.8 Å². The second kappa shape index (κ2) is 2.48. The molecule has 10 heteroatoms. The molecule has 0 spiro atoms. The number of nitrogens with one attached hydrogen (secondary N) is 1. The molecule has 0 aliphatic carbocycles. The number of nitrogens with zero attached hydrogens (tertiary/aromatic N) is 5. The lowest BCUT2D eigenvalue weighted by Gasteiger charge is -1.96. The van der Waals surface area contributed by atoms with E-state index in [1.54, 1.807) is 0 Å². The SMILES string of the molecule is Nc1nnc(-c2[nH]nc(N)[n+]2N)n1N. The first-order valence-electron chi connectivity index (χ1n) is 3.58. The summed E-state index contributed by atoms with van der Waals surface area (Å²) in [4.78, 5) is 0. The zero-order chi connectivity index (χ0) is 10.3. The molecule has 0 aliphatic rings. The van der Waals surface area contributed by atoms with E-state index >= 15 is 0 Å². The fourth-order valence-corrected chi connectivity index (χ4v) is 0.955. The summed E-state index contributed by atoms with van der Waals surface area (Å²) in [6, 6.07) is 0. The van der Waals surface area contributed by atoms with Gasteiger partial charge in [-0.05, 0) is 0 Å². The average Bonchev–Trinajstić information content (AvgIpc) is 2.63. The molecule has 14 heavy (non-hydrogen) atoms. The Morgan fingerprint density at radius 3 is 2.43 bits per heavy atom. The average molecular weight is 197 g/mol. The van der Waals surface area contributed by atoms with Gasteiger partial charge < -0.3 is 17.3 Å². The van der Waals surface area contributed by atoms with E-state index in [2.05, 4.69) is 20.4 Å². The van der Waals surface area contributed by atoms with E-state index in [-0.39, 0.29) is 17.7 Å². The molecule has 0 saturated carbocycles. The standard InChI is InChI=1S/C4H8N10/c5-3-11-9-1(13(3)7)2-10-12-4(6)14(2)8/h7-8H2,(H4,5,6,9,10,11,12)/p+1. The van der Waals surface area contributed by atoms with E-state index in [0.717, 1.165) is 9.35 Å². The number of H-pyrrole nitrogens is 1. The molecule has 10 nitrogen and oxygen atoms in total. The zero-order valence-electron chi connectivity index (χ0n) is 7.05. The van der Waals surface area contributed by atoms with Crippen LogP contribution in [0.25, 0.3) is 11.6 Å². The molecule has 9 N–H and O–H groups in total. The number of hydrogen-bond donors (Lipinski definition) is 5. The van der Waals surface area contributed by atoms with Gasteiger partial charge in [-0.25, -0.2) is 4.68 Å². The van der Waals surface area contributed by atoms with Crippen molar-refractivity contribution in [2.24, 2.45) is 0 Å². The zero-order valence-corrected chi connectivity index (χ0v) is 7.05. The minimum absolute atomic E-state index is 0.0631. The van der Waals surface area contributed by atoms with Gasteiger partial charge in [-0.2, -0.15) is 0 Å². The quantitative estimate of drug-likeness (QED) is 0.234. The first-order valence-corrected chi connectivity index (χ1v) is 3.58. The van der Waals surface area contributed by atoms with Gasteiger partial charge >= 0.3 is 5.95 Å². The fraction of sp³-hybridized carbons (Fsp3) is 0. The van der Waals surface area contributed by atoms with E-state index in [9.17, 15) is 0 Å². The van der Waals surface area contributed by atoms with Crippen molar-refractivity contribution in [1.82, 2.24) is 25.1 Å². The summed E-state index contributed by atoms with van der Waals surface area (Å²) >= 11 is 0. The number of aromatic amines is 1. The van der Waals surface area contributed by atoms with Crippen molar-refractivity contribution in [2.45, 2.75) is 0 Å². The lowest BCUT2D eigenvalue weighted by molar-refractivity contribution is -0.612. The van der Waals surface area contributed by atoms with Crippen LogP contribution in [0.2, 0.25) is 0 Å². The highest BCUT2D eigenvalue weighted by Crippen LogP contribution is 2.09. The third kappa shape index (κ3) is 0.903. The second-order valence-electron chi connectivity index (χ2n) is 2.55. The van der Waals surface area contributed by atoms with Crippen LogP contribution in [0.1, 0.15) is 0 Å². The third-order valence-corrected chi connectivity index (χ3v) is 1.70. The number of nitrogen functional groups attached to an aromatic ring is 4. The van der Waals surface area contributed by atoms with Crippen LogP contribution < -0.4 is 27.8 Å². The Balaban J connectivity index is 2.60. The number of aromatic nitrogens is 6. The molecule has 0 bridgehead atoms. The van der Waals surface area contributed by atoms with Crippen molar-refractivity contribution in [2.75, 3.05) is 23.2 Å². The summed E-state index contributed by atoms with van der Waals surface area (Å²) in [5.41, 5.74) is 10.8. The fourth-order valence-electron chi connectivity index (χ4n) is 0.955. The summed E-state index contributed by atoms with van der Waals surface area (Å²) < 4.78 is 2.16. The smallest absolute Gasteiger partial charge is 0.366 e. The maximum absolute atomic E-state index is 5.53. The molecule has 2 rings (SSSR count). The minimum atomic E-state index is 0.0631. The summed E-state index contributed by atoms with van der Waals surface area (Å²) in [6.07, 6.45) is 0. The summed E-state index contributed by atoms with van der Waals surface area (Å²) in [5, 5.41) is 13.5. The normalized spacial score (nSPS) is 10.6. The second-order valence-corrected chi connectivity index (χ2v) is 2.55. The molecule has 2 heterocycles. The molecule has 0 aliphatic heterocycles. The molecule has 2 aromatic heterocycles. The monoisotopic (exact) mass is 197 g/mol. The Morgan fingerprint density at radius 2 is 2.00 bits per heavy atom.